The lowest BCUT2D eigenvalue weighted by Gasteiger charge is -2.26. The molecule has 3 heteroatoms. The van der Waals surface area contributed by atoms with Crippen LogP contribution in [0.25, 0.3) is 16.8 Å². The lowest BCUT2D eigenvalue weighted by molar-refractivity contribution is -0.140. The Balaban J connectivity index is 2.09. The van der Waals surface area contributed by atoms with Gasteiger partial charge in [0.05, 0.1) is 0 Å². The van der Waals surface area contributed by atoms with Gasteiger partial charge in [0.1, 0.15) is 6.04 Å². The molecule has 0 aliphatic carbocycles. The van der Waals surface area contributed by atoms with Crippen LogP contribution in [-0.4, -0.2) is 17.1 Å². The van der Waals surface area contributed by atoms with Gasteiger partial charge in [-0.15, -0.1) is 0 Å². The van der Waals surface area contributed by atoms with Crippen LogP contribution in [0.2, 0.25) is 0 Å². The van der Waals surface area contributed by atoms with E-state index >= 15 is 0 Å². The van der Waals surface area contributed by atoms with Crippen molar-refractivity contribution in [2.45, 2.75) is 53.5 Å². The summed E-state index contributed by atoms with van der Waals surface area (Å²) < 4.78 is 0. The van der Waals surface area contributed by atoms with Gasteiger partial charge in [0.15, 0.2) is 0 Å². The standard InChI is InChI=1S/C26H35NO2/c1-7-18(4)16-21-8-10-23(11-9-21)24-14-12-22(13-15-24)20(6)27-25(26(28)29)19(5)17(2)3/h8-15,17-19,25,27H,6-7,16H2,1-5H3,(H,28,29)/t18-,19?,25?/m0/s1. The minimum absolute atomic E-state index is 0.00235. The normalized spacial score (nSPS) is 14.3. The van der Waals surface area contributed by atoms with Crippen LogP contribution in [0.4, 0.5) is 0 Å². The number of hydrogen-bond acceptors (Lipinski definition) is 2. The average Bonchev–Trinajstić information content (AvgIpc) is 2.71. The number of hydrogen-bond donors (Lipinski definition) is 2. The van der Waals surface area contributed by atoms with Crippen LogP contribution >= 0.6 is 0 Å². The Morgan fingerprint density at radius 1 is 0.966 bits per heavy atom. The van der Waals surface area contributed by atoms with E-state index in [2.05, 4.69) is 62.1 Å². The molecule has 0 aliphatic heterocycles. The van der Waals surface area contributed by atoms with Crippen molar-refractivity contribution in [3.8, 4) is 11.1 Å². The first-order valence-corrected chi connectivity index (χ1v) is 10.6. The van der Waals surface area contributed by atoms with Gasteiger partial charge in [-0.2, -0.15) is 0 Å². The predicted octanol–water partition coefficient (Wildman–Crippen LogP) is 6.25. The van der Waals surface area contributed by atoms with E-state index in [1.54, 1.807) is 0 Å². The van der Waals surface area contributed by atoms with Gasteiger partial charge in [-0.1, -0.05) is 96.1 Å². The number of aliphatic carboxylic acids is 1. The maximum Gasteiger partial charge on any atom is 0.326 e. The van der Waals surface area contributed by atoms with Gasteiger partial charge in [0, 0.05) is 5.70 Å². The summed E-state index contributed by atoms with van der Waals surface area (Å²) in [6, 6.07) is 16.2. The highest BCUT2D eigenvalue weighted by atomic mass is 16.4. The molecule has 0 bridgehead atoms. The monoisotopic (exact) mass is 393 g/mol. The molecule has 0 aromatic heterocycles. The minimum atomic E-state index is -0.846. The first kappa shape index (κ1) is 22.7. The molecule has 2 unspecified atom stereocenters. The van der Waals surface area contributed by atoms with E-state index in [9.17, 15) is 9.90 Å². The third-order valence-electron chi connectivity index (χ3n) is 5.97. The highest BCUT2D eigenvalue weighted by molar-refractivity contribution is 5.77. The van der Waals surface area contributed by atoms with Crippen LogP contribution in [0.1, 0.15) is 52.2 Å². The average molecular weight is 394 g/mol. The fourth-order valence-electron chi connectivity index (χ4n) is 3.32. The number of nitrogens with one attached hydrogen (secondary N) is 1. The van der Waals surface area contributed by atoms with Crippen molar-refractivity contribution in [1.29, 1.82) is 0 Å². The zero-order chi connectivity index (χ0) is 21.6. The maximum atomic E-state index is 11.7. The van der Waals surface area contributed by atoms with Gasteiger partial charge < -0.3 is 10.4 Å². The van der Waals surface area contributed by atoms with E-state index in [0.29, 0.717) is 11.6 Å². The van der Waals surface area contributed by atoms with Crippen molar-refractivity contribution >= 4 is 11.7 Å². The molecule has 0 radical (unpaired) electrons. The van der Waals surface area contributed by atoms with Crippen LogP contribution in [0, 0.1) is 17.8 Å². The smallest absolute Gasteiger partial charge is 0.326 e. The molecule has 2 rings (SSSR count). The second-order valence-electron chi connectivity index (χ2n) is 8.53. The lowest BCUT2D eigenvalue weighted by Crippen LogP contribution is -2.42. The molecule has 2 aromatic carbocycles. The molecule has 3 nitrogen and oxygen atoms in total. The fraction of sp³-hybridized carbons (Fsp3) is 0.423. The van der Waals surface area contributed by atoms with Crippen LogP contribution in [0.5, 0.6) is 0 Å². The van der Waals surface area contributed by atoms with E-state index in [4.69, 9.17) is 0 Å². The van der Waals surface area contributed by atoms with Crippen molar-refractivity contribution < 1.29 is 9.90 Å². The Bertz CT molecular complexity index is 806. The van der Waals surface area contributed by atoms with E-state index in [1.165, 1.54) is 17.5 Å². The minimum Gasteiger partial charge on any atom is -0.480 e. The first-order chi connectivity index (χ1) is 13.7. The van der Waals surface area contributed by atoms with Crippen molar-refractivity contribution in [1.82, 2.24) is 5.32 Å². The van der Waals surface area contributed by atoms with Crippen molar-refractivity contribution in [2.75, 3.05) is 0 Å². The zero-order valence-electron chi connectivity index (χ0n) is 18.4. The molecule has 0 saturated carbocycles. The topological polar surface area (TPSA) is 49.3 Å². The predicted molar refractivity (Wildman–Crippen MR) is 123 cm³/mol. The largest absolute Gasteiger partial charge is 0.480 e. The van der Waals surface area contributed by atoms with Gasteiger partial charge in [-0.3, -0.25) is 0 Å². The fourth-order valence-corrected chi connectivity index (χ4v) is 3.32. The lowest BCUT2D eigenvalue weighted by atomic mass is 9.90. The van der Waals surface area contributed by atoms with E-state index in [0.717, 1.165) is 17.5 Å². The molecule has 0 heterocycles. The van der Waals surface area contributed by atoms with Crippen molar-refractivity contribution in [3.63, 3.8) is 0 Å². The Hall–Kier alpha value is -2.55. The zero-order valence-corrected chi connectivity index (χ0v) is 18.4. The number of rotatable bonds is 10. The molecule has 0 fully saturated rings. The van der Waals surface area contributed by atoms with Gasteiger partial charge in [0.2, 0.25) is 0 Å². The van der Waals surface area contributed by atoms with Crippen LogP contribution in [-0.2, 0) is 11.2 Å². The maximum absolute atomic E-state index is 11.7. The third kappa shape index (κ3) is 6.22. The molecule has 0 aliphatic rings. The van der Waals surface area contributed by atoms with Crippen LogP contribution < -0.4 is 5.32 Å². The second-order valence-corrected chi connectivity index (χ2v) is 8.53. The third-order valence-corrected chi connectivity index (χ3v) is 5.97. The summed E-state index contributed by atoms with van der Waals surface area (Å²) >= 11 is 0. The van der Waals surface area contributed by atoms with E-state index in [1.807, 2.05) is 32.9 Å². The molecule has 3 atom stereocenters. The van der Waals surface area contributed by atoms with Gasteiger partial charge >= 0.3 is 5.97 Å². The van der Waals surface area contributed by atoms with Crippen LogP contribution in [0.3, 0.4) is 0 Å². The Kier molecular flexibility index (Phi) is 8.07. The summed E-state index contributed by atoms with van der Waals surface area (Å²) in [5.41, 5.74) is 5.24. The number of carbonyl (C=O) groups is 1. The molecule has 0 saturated heterocycles. The Morgan fingerprint density at radius 3 is 1.93 bits per heavy atom. The van der Waals surface area contributed by atoms with Crippen molar-refractivity contribution in [2.24, 2.45) is 17.8 Å². The summed E-state index contributed by atoms with van der Waals surface area (Å²) in [4.78, 5) is 11.7. The molecule has 29 heavy (non-hydrogen) atoms. The number of carboxylic acid groups (broad SMARTS) is 1. The highest BCUT2D eigenvalue weighted by Crippen LogP contribution is 2.24. The van der Waals surface area contributed by atoms with E-state index < -0.39 is 12.0 Å². The van der Waals surface area contributed by atoms with Crippen molar-refractivity contribution in [3.05, 3.63) is 66.2 Å². The summed E-state index contributed by atoms with van der Waals surface area (Å²) in [5.74, 6) is 0.118. The molecule has 0 amide bonds. The van der Waals surface area contributed by atoms with Gasteiger partial charge in [0.25, 0.3) is 0 Å². The molecule has 0 spiro atoms. The van der Waals surface area contributed by atoms with Crippen LogP contribution in [0.15, 0.2) is 55.1 Å². The molecular formula is C26H35NO2. The molecule has 2 N–H and O–H groups in total. The van der Waals surface area contributed by atoms with E-state index in [-0.39, 0.29) is 11.8 Å². The SMILES string of the molecule is C=C(NC(C(=O)O)C(C)C(C)C)c1ccc(-c2ccc(C[C@@H](C)CC)cc2)cc1. The summed E-state index contributed by atoms with van der Waals surface area (Å²) in [6.45, 7) is 14.6. The molecular weight excluding hydrogens is 358 g/mol. The second kappa shape index (κ2) is 10.3. The number of carboxylic acids is 1. The summed E-state index contributed by atoms with van der Waals surface area (Å²) in [6.07, 6.45) is 2.31. The van der Waals surface area contributed by atoms with Gasteiger partial charge in [-0.05, 0) is 46.4 Å². The first-order valence-electron chi connectivity index (χ1n) is 10.6. The number of benzene rings is 2. The Labute approximate surface area is 175 Å². The van der Waals surface area contributed by atoms with Gasteiger partial charge in [-0.25, -0.2) is 4.79 Å². The highest BCUT2D eigenvalue weighted by Gasteiger charge is 2.27. The Morgan fingerprint density at radius 2 is 1.48 bits per heavy atom. The molecule has 2 aromatic rings. The summed E-state index contributed by atoms with van der Waals surface area (Å²) in [5, 5.41) is 12.7. The summed E-state index contributed by atoms with van der Waals surface area (Å²) in [7, 11) is 0. The molecule has 156 valence electrons. The quantitative estimate of drug-likeness (QED) is 0.502.